The minimum Gasteiger partial charge on any atom is -0.384 e. The van der Waals surface area contributed by atoms with Gasteiger partial charge in [-0.3, -0.25) is 10.2 Å². The molecule has 138 valence electrons. The quantitative estimate of drug-likeness (QED) is 0.451. The van der Waals surface area contributed by atoms with Crippen molar-refractivity contribution in [3.05, 3.63) is 58.7 Å². The van der Waals surface area contributed by atoms with Crippen LogP contribution in [0.4, 0.5) is 11.4 Å². The fourth-order valence-electron chi connectivity index (χ4n) is 2.81. The summed E-state index contributed by atoms with van der Waals surface area (Å²) in [5, 5.41) is 13.4. The van der Waals surface area contributed by atoms with Gasteiger partial charge in [0.15, 0.2) is 0 Å². The zero-order chi connectivity index (χ0) is 19.3. The Morgan fingerprint density at radius 1 is 1.12 bits per heavy atom. The highest BCUT2D eigenvalue weighted by Crippen LogP contribution is 2.23. The third-order valence-corrected chi connectivity index (χ3v) is 4.23. The first kappa shape index (κ1) is 19.5. The number of amidine groups is 1. The summed E-state index contributed by atoms with van der Waals surface area (Å²) in [6.45, 7) is 8.69. The summed E-state index contributed by atoms with van der Waals surface area (Å²) in [7, 11) is 0. The van der Waals surface area contributed by atoms with Gasteiger partial charge in [-0.05, 0) is 73.2 Å². The lowest BCUT2D eigenvalue weighted by atomic mass is 9.96. The average molecular weight is 352 g/mol. The third-order valence-electron chi connectivity index (χ3n) is 4.23. The Morgan fingerprint density at radius 2 is 1.77 bits per heavy atom. The molecule has 0 aliphatic heterocycles. The number of anilines is 2. The molecule has 0 saturated heterocycles. The number of nitrogens with two attached hydrogens (primary N) is 1. The first-order valence-corrected chi connectivity index (χ1v) is 8.84. The van der Waals surface area contributed by atoms with Crippen molar-refractivity contribution in [1.82, 2.24) is 0 Å². The number of rotatable bonds is 7. The maximum Gasteiger partial charge on any atom is 0.243 e. The van der Waals surface area contributed by atoms with Crippen molar-refractivity contribution >= 4 is 23.1 Å². The molecule has 2 aromatic rings. The molecule has 0 saturated carbocycles. The number of nitrogens with one attached hydrogen (secondary N) is 3. The van der Waals surface area contributed by atoms with Gasteiger partial charge in [-0.2, -0.15) is 0 Å². The molecule has 5 heteroatoms. The lowest BCUT2D eigenvalue weighted by Gasteiger charge is -2.15. The lowest BCUT2D eigenvalue weighted by Crippen LogP contribution is -2.22. The molecule has 0 aromatic heterocycles. The molecule has 2 rings (SSSR count). The summed E-state index contributed by atoms with van der Waals surface area (Å²) in [6.07, 6.45) is 1.04. The van der Waals surface area contributed by atoms with Crippen LogP contribution < -0.4 is 16.4 Å². The number of amides is 1. The van der Waals surface area contributed by atoms with Crippen LogP contribution in [0.15, 0.2) is 36.4 Å². The van der Waals surface area contributed by atoms with Gasteiger partial charge in [0.05, 0.1) is 6.54 Å². The highest BCUT2D eigenvalue weighted by Gasteiger charge is 2.09. The zero-order valence-electron chi connectivity index (χ0n) is 15.9. The van der Waals surface area contributed by atoms with Crippen LogP contribution in [0.5, 0.6) is 0 Å². The van der Waals surface area contributed by atoms with Crippen LogP contribution in [0.3, 0.4) is 0 Å². The van der Waals surface area contributed by atoms with Crippen LogP contribution in [0.25, 0.3) is 0 Å². The molecule has 0 unspecified atom stereocenters. The van der Waals surface area contributed by atoms with Crippen molar-refractivity contribution in [2.45, 2.75) is 34.1 Å². The van der Waals surface area contributed by atoms with Gasteiger partial charge in [-0.15, -0.1) is 0 Å². The minimum absolute atomic E-state index is 0.0288. The zero-order valence-corrected chi connectivity index (χ0v) is 15.9. The summed E-state index contributed by atoms with van der Waals surface area (Å²) < 4.78 is 0. The summed E-state index contributed by atoms with van der Waals surface area (Å²) >= 11 is 0. The van der Waals surface area contributed by atoms with Crippen molar-refractivity contribution in [3.8, 4) is 0 Å². The van der Waals surface area contributed by atoms with Crippen molar-refractivity contribution < 1.29 is 4.79 Å². The van der Waals surface area contributed by atoms with Crippen LogP contribution in [-0.2, 0) is 11.2 Å². The number of carbonyl (C=O) groups excluding carboxylic acids is 1. The van der Waals surface area contributed by atoms with Crippen molar-refractivity contribution in [3.63, 3.8) is 0 Å². The van der Waals surface area contributed by atoms with E-state index < -0.39 is 0 Å². The molecule has 0 aliphatic rings. The standard InChI is InChI=1S/C21H28N4O/c1-13(2)9-17-10-15(4)19(11-14(17)3)25-20(26)12-24-18-7-5-16(6-8-18)21(22)23/h5-8,10-11,13,24H,9,12H2,1-4H3,(H3,22,23)(H,25,26). The normalized spacial score (nSPS) is 10.7. The van der Waals surface area contributed by atoms with Gasteiger partial charge in [-0.25, -0.2) is 0 Å². The second-order valence-electron chi connectivity index (χ2n) is 7.08. The molecule has 5 nitrogen and oxygen atoms in total. The van der Waals surface area contributed by atoms with Crippen molar-refractivity contribution in [2.75, 3.05) is 17.2 Å². The molecule has 26 heavy (non-hydrogen) atoms. The van der Waals surface area contributed by atoms with E-state index in [1.807, 2.05) is 13.0 Å². The van der Waals surface area contributed by atoms with Crippen LogP contribution in [0.1, 0.15) is 36.1 Å². The SMILES string of the molecule is Cc1cc(NC(=O)CNc2ccc(C(=N)N)cc2)c(C)cc1CC(C)C. The van der Waals surface area contributed by atoms with Crippen LogP contribution >= 0.6 is 0 Å². The molecule has 0 spiro atoms. The molecular weight excluding hydrogens is 324 g/mol. The van der Waals surface area contributed by atoms with E-state index in [9.17, 15) is 4.79 Å². The first-order valence-electron chi connectivity index (χ1n) is 8.84. The maximum atomic E-state index is 12.3. The van der Waals surface area contributed by atoms with Gasteiger partial charge >= 0.3 is 0 Å². The van der Waals surface area contributed by atoms with Gasteiger partial charge in [-0.1, -0.05) is 19.9 Å². The highest BCUT2D eigenvalue weighted by molar-refractivity contribution is 5.96. The average Bonchev–Trinajstić information content (AvgIpc) is 2.57. The van der Waals surface area contributed by atoms with Gasteiger partial charge in [0.1, 0.15) is 5.84 Å². The second kappa shape index (κ2) is 8.52. The van der Waals surface area contributed by atoms with Gasteiger partial charge in [0, 0.05) is 16.9 Å². The van der Waals surface area contributed by atoms with Gasteiger partial charge in [0.25, 0.3) is 0 Å². The van der Waals surface area contributed by atoms with Crippen LogP contribution in [-0.4, -0.2) is 18.3 Å². The molecule has 1 amide bonds. The second-order valence-corrected chi connectivity index (χ2v) is 7.08. The molecule has 0 bridgehead atoms. The molecule has 0 radical (unpaired) electrons. The summed E-state index contributed by atoms with van der Waals surface area (Å²) in [6, 6.07) is 11.3. The van der Waals surface area contributed by atoms with E-state index in [2.05, 4.69) is 37.5 Å². The maximum absolute atomic E-state index is 12.3. The van der Waals surface area contributed by atoms with E-state index in [1.165, 1.54) is 11.1 Å². The number of benzene rings is 2. The van der Waals surface area contributed by atoms with E-state index in [0.29, 0.717) is 11.5 Å². The van der Waals surface area contributed by atoms with Crippen LogP contribution in [0, 0.1) is 25.2 Å². The third kappa shape index (κ3) is 5.34. The number of aryl methyl sites for hydroxylation is 2. The predicted octanol–water partition coefficient (Wildman–Crippen LogP) is 3.84. The van der Waals surface area contributed by atoms with E-state index in [1.54, 1.807) is 24.3 Å². The molecule has 0 atom stereocenters. The Bertz CT molecular complexity index is 794. The smallest absolute Gasteiger partial charge is 0.243 e. The Kier molecular flexibility index (Phi) is 6.39. The minimum atomic E-state index is -0.0974. The molecule has 5 N–H and O–H groups in total. The monoisotopic (exact) mass is 352 g/mol. The van der Waals surface area contributed by atoms with E-state index in [-0.39, 0.29) is 18.3 Å². The largest absolute Gasteiger partial charge is 0.384 e. The van der Waals surface area contributed by atoms with E-state index in [0.717, 1.165) is 23.4 Å². The van der Waals surface area contributed by atoms with Gasteiger partial charge < -0.3 is 16.4 Å². The Labute approximate surface area is 155 Å². The summed E-state index contributed by atoms with van der Waals surface area (Å²) in [5.41, 5.74) is 11.4. The van der Waals surface area contributed by atoms with Crippen LogP contribution in [0.2, 0.25) is 0 Å². The number of carbonyl (C=O) groups is 1. The Balaban J connectivity index is 1.97. The molecule has 2 aromatic carbocycles. The van der Waals surface area contributed by atoms with Crippen molar-refractivity contribution in [2.24, 2.45) is 11.7 Å². The molecular formula is C21H28N4O. The number of hydrogen-bond acceptors (Lipinski definition) is 3. The Morgan fingerprint density at radius 3 is 2.35 bits per heavy atom. The fourth-order valence-corrected chi connectivity index (χ4v) is 2.81. The van der Waals surface area contributed by atoms with E-state index in [4.69, 9.17) is 11.1 Å². The molecule has 0 aliphatic carbocycles. The van der Waals surface area contributed by atoms with Crippen molar-refractivity contribution in [1.29, 1.82) is 5.41 Å². The number of nitrogen functional groups attached to an aromatic ring is 1. The highest BCUT2D eigenvalue weighted by atomic mass is 16.1. The first-order chi connectivity index (χ1) is 12.3. The topological polar surface area (TPSA) is 91.0 Å². The summed E-state index contributed by atoms with van der Waals surface area (Å²) in [4.78, 5) is 12.3. The summed E-state index contributed by atoms with van der Waals surface area (Å²) in [5.74, 6) is 0.535. The fraction of sp³-hybridized carbons (Fsp3) is 0.333. The van der Waals surface area contributed by atoms with E-state index >= 15 is 0 Å². The lowest BCUT2D eigenvalue weighted by molar-refractivity contribution is -0.114. The predicted molar refractivity (Wildman–Crippen MR) is 109 cm³/mol. The molecule has 0 fully saturated rings. The number of hydrogen-bond donors (Lipinski definition) is 4. The molecule has 0 heterocycles. The van der Waals surface area contributed by atoms with Gasteiger partial charge in [0.2, 0.25) is 5.91 Å². The Hall–Kier alpha value is -2.82.